The van der Waals surface area contributed by atoms with Crippen LogP contribution in [0.2, 0.25) is 0 Å². The predicted octanol–water partition coefficient (Wildman–Crippen LogP) is 3.52. The van der Waals surface area contributed by atoms with Crippen molar-refractivity contribution < 1.29 is 4.39 Å². The van der Waals surface area contributed by atoms with Crippen LogP contribution in [0.1, 0.15) is 32.8 Å². The molecular weight excluding hydrogens is 277 g/mol. The van der Waals surface area contributed by atoms with E-state index in [-0.39, 0.29) is 11.7 Å². The zero-order valence-electron chi connectivity index (χ0n) is 12.7. The van der Waals surface area contributed by atoms with Gasteiger partial charge in [-0.05, 0) is 39.0 Å². The molecule has 0 unspecified atom stereocenters. The van der Waals surface area contributed by atoms with Crippen molar-refractivity contribution >= 4 is 17.4 Å². The largest absolute Gasteiger partial charge is 0.354 e. The summed E-state index contributed by atoms with van der Waals surface area (Å²) in [5.74, 6) is 0.315. The molecule has 0 aromatic carbocycles. The third kappa shape index (κ3) is 4.60. The highest BCUT2D eigenvalue weighted by atomic mass is 35.5. The maximum Gasteiger partial charge on any atom is 0.170 e. The standard InChI is InChI=1S/C15H25ClFN3/c1-4-19(5-2)10-7-11-20(6-3)15-14(17)13(12-16)8-9-18-15/h8-9H,4-7,10-12H2,1-3H3. The van der Waals surface area contributed by atoms with Gasteiger partial charge < -0.3 is 9.80 Å². The zero-order valence-corrected chi connectivity index (χ0v) is 13.5. The van der Waals surface area contributed by atoms with E-state index in [9.17, 15) is 4.39 Å². The summed E-state index contributed by atoms with van der Waals surface area (Å²) in [7, 11) is 0. The Kier molecular flexibility index (Phi) is 7.85. The molecule has 0 spiro atoms. The summed E-state index contributed by atoms with van der Waals surface area (Å²) >= 11 is 5.74. The van der Waals surface area contributed by atoms with Gasteiger partial charge in [0.25, 0.3) is 0 Å². The first-order chi connectivity index (χ1) is 9.67. The third-order valence-corrected chi connectivity index (χ3v) is 3.86. The minimum Gasteiger partial charge on any atom is -0.354 e. The fraction of sp³-hybridized carbons (Fsp3) is 0.667. The number of hydrogen-bond acceptors (Lipinski definition) is 3. The lowest BCUT2D eigenvalue weighted by Crippen LogP contribution is -2.31. The van der Waals surface area contributed by atoms with E-state index < -0.39 is 0 Å². The monoisotopic (exact) mass is 301 g/mol. The highest BCUT2D eigenvalue weighted by Gasteiger charge is 2.14. The van der Waals surface area contributed by atoms with Crippen molar-refractivity contribution in [3.8, 4) is 0 Å². The Morgan fingerprint density at radius 3 is 2.40 bits per heavy atom. The van der Waals surface area contributed by atoms with Gasteiger partial charge in [0, 0.05) is 24.8 Å². The van der Waals surface area contributed by atoms with Gasteiger partial charge in [-0.1, -0.05) is 13.8 Å². The molecule has 1 aromatic heterocycles. The SMILES string of the molecule is CCN(CC)CCCN(CC)c1nccc(CCl)c1F. The first-order valence-corrected chi connectivity index (χ1v) is 7.87. The Hall–Kier alpha value is -0.870. The van der Waals surface area contributed by atoms with Crippen LogP contribution in [-0.2, 0) is 5.88 Å². The van der Waals surface area contributed by atoms with Gasteiger partial charge in [0.15, 0.2) is 11.6 Å². The fourth-order valence-electron chi connectivity index (χ4n) is 2.23. The van der Waals surface area contributed by atoms with Crippen LogP contribution < -0.4 is 4.90 Å². The van der Waals surface area contributed by atoms with Gasteiger partial charge in [-0.25, -0.2) is 9.37 Å². The molecule has 114 valence electrons. The average molecular weight is 302 g/mol. The summed E-state index contributed by atoms with van der Waals surface area (Å²) in [5.41, 5.74) is 0.513. The summed E-state index contributed by atoms with van der Waals surface area (Å²) < 4.78 is 14.2. The first-order valence-electron chi connectivity index (χ1n) is 7.34. The highest BCUT2D eigenvalue weighted by molar-refractivity contribution is 6.17. The van der Waals surface area contributed by atoms with Gasteiger partial charge >= 0.3 is 0 Å². The topological polar surface area (TPSA) is 19.4 Å². The van der Waals surface area contributed by atoms with Gasteiger partial charge in [0.05, 0.1) is 5.88 Å². The lowest BCUT2D eigenvalue weighted by molar-refractivity contribution is 0.300. The Bertz CT molecular complexity index is 397. The van der Waals surface area contributed by atoms with E-state index in [0.717, 1.165) is 39.1 Å². The number of pyridine rings is 1. The van der Waals surface area contributed by atoms with Crippen LogP contribution in [-0.4, -0.2) is 42.6 Å². The predicted molar refractivity (Wildman–Crippen MR) is 84.0 cm³/mol. The molecule has 0 atom stereocenters. The van der Waals surface area contributed by atoms with Crippen LogP contribution in [0.15, 0.2) is 12.3 Å². The van der Waals surface area contributed by atoms with Crippen molar-refractivity contribution in [2.24, 2.45) is 0 Å². The summed E-state index contributed by atoms with van der Waals surface area (Å²) in [6.07, 6.45) is 2.63. The van der Waals surface area contributed by atoms with Crippen LogP contribution in [0.4, 0.5) is 10.2 Å². The van der Waals surface area contributed by atoms with Crippen molar-refractivity contribution in [1.82, 2.24) is 9.88 Å². The Labute approximate surface area is 126 Å². The van der Waals surface area contributed by atoms with Gasteiger partial charge in [-0.3, -0.25) is 0 Å². The molecule has 0 N–H and O–H groups in total. The number of alkyl halides is 1. The van der Waals surface area contributed by atoms with E-state index in [1.54, 1.807) is 12.3 Å². The summed E-state index contributed by atoms with van der Waals surface area (Å²) in [4.78, 5) is 8.52. The first kappa shape index (κ1) is 17.2. The van der Waals surface area contributed by atoms with Crippen LogP contribution in [0.3, 0.4) is 0 Å². The van der Waals surface area contributed by atoms with E-state index in [2.05, 4.69) is 23.7 Å². The summed E-state index contributed by atoms with van der Waals surface area (Å²) in [5, 5.41) is 0. The van der Waals surface area contributed by atoms with E-state index in [0.29, 0.717) is 11.4 Å². The molecule has 0 saturated carbocycles. The maximum atomic E-state index is 14.2. The summed E-state index contributed by atoms with van der Waals surface area (Å²) in [6, 6.07) is 1.63. The number of anilines is 1. The van der Waals surface area contributed by atoms with E-state index in [1.165, 1.54) is 0 Å². The molecule has 1 heterocycles. The molecule has 0 radical (unpaired) electrons. The fourth-order valence-corrected chi connectivity index (χ4v) is 2.44. The van der Waals surface area contributed by atoms with Gasteiger partial charge in [-0.2, -0.15) is 0 Å². The van der Waals surface area contributed by atoms with Crippen molar-refractivity contribution in [2.45, 2.75) is 33.1 Å². The van der Waals surface area contributed by atoms with E-state index in [4.69, 9.17) is 11.6 Å². The molecule has 1 rings (SSSR count). The lowest BCUT2D eigenvalue weighted by atomic mass is 10.2. The zero-order chi connectivity index (χ0) is 15.0. The number of aromatic nitrogens is 1. The van der Waals surface area contributed by atoms with Gasteiger partial charge in [0.1, 0.15) is 0 Å². The molecule has 20 heavy (non-hydrogen) atoms. The van der Waals surface area contributed by atoms with E-state index in [1.807, 2.05) is 11.8 Å². The molecule has 0 aliphatic heterocycles. The van der Waals surface area contributed by atoms with Crippen molar-refractivity contribution in [2.75, 3.05) is 37.6 Å². The molecule has 0 fully saturated rings. The Morgan fingerprint density at radius 1 is 1.15 bits per heavy atom. The van der Waals surface area contributed by atoms with Crippen LogP contribution in [0.25, 0.3) is 0 Å². The number of hydrogen-bond donors (Lipinski definition) is 0. The molecule has 0 aliphatic carbocycles. The van der Waals surface area contributed by atoms with Crippen molar-refractivity contribution in [1.29, 1.82) is 0 Å². The minimum absolute atomic E-state index is 0.179. The average Bonchev–Trinajstić information content (AvgIpc) is 2.48. The molecule has 0 saturated heterocycles. The van der Waals surface area contributed by atoms with Gasteiger partial charge in [-0.15, -0.1) is 11.6 Å². The molecule has 1 aromatic rings. The number of nitrogens with zero attached hydrogens (tertiary/aromatic N) is 3. The molecule has 0 aliphatic rings. The molecule has 5 heteroatoms. The van der Waals surface area contributed by atoms with Crippen LogP contribution in [0, 0.1) is 5.82 Å². The molecule has 0 amide bonds. The Morgan fingerprint density at radius 2 is 1.85 bits per heavy atom. The second kappa shape index (κ2) is 9.14. The minimum atomic E-state index is -0.285. The van der Waals surface area contributed by atoms with Crippen LogP contribution in [0.5, 0.6) is 0 Å². The lowest BCUT2D eigenvalue weighted by Gasteiger charge is -2.25. The summed E-state index contributed by atoms with van der Waals surface area (Å²) in [6.45, 7) is 11.0. The van der Waals surface area contributed by atoms with Gasteiger partial charge in [0.2, 0.25) is 0 Å². The second-order valence-corrected chi connectivity index (χ2v) is 4.97. The third-order valence-electron chi connectivity index (χ3n) is 3.57. The number of rotatable bonds is 9. The van der Waals surface area contributed by atoms with Crippen LogP contribution >= 0.6 is 11.6 Å². The normalized spacial score (nSPS) is 11.1. The van der Waals surface area contributed by atoms with Crippen molar-refractivity contribution in [3.05, 3.63) is 23.6 Å². The quantitative estimate of drug-likeness (QED) is 0.651. The Balaban J connectivity index is 2.67. The molecular formula is C15H25ClFN3. The van der Waals surface area contributed by atoms with E-state index >= 15 is 0 Å². The number of halogens is 2. The smallest absolute Gasteiger partial charge is 0.170 e. The molecule has 3 nitrogen and oxygen atoms in total. The highest BCUT2D eigenvalue weighted by Crippen LogP contribution is 2.20. The van der Waals surface area contributed by atoms with Crippen molar-refractivity contribution in [3.63, 3.8) is 0 Å². The maximum absolute atomic E-state index is 14.2. The second-order valence-electron chi connectivity index (χ2n) is 4.70. The molecule has 0 bridgehead atoms.